The van der Waals surface area contributed by atoms with E-state index in [9.17, 15) is 14.4 Å². The largest absolute Gasteiger partial charge is 0.481 e. The molecule has 0 aromatic rings. The highest BCUT2D eigenvalue weighted by molar-refractivity contribution is 5.77. The number of alkyl carbamates (subject to hydrolysis) is 1. The van der Waals surface area contributed by atoms with E-state index in [2.05, 4.69) is 5.32 Å². The van der Waals surface area contributed by atoms with Gasteiger partial charge in [0.15, 0.2) is 0 Å². The van der Waals surface area contributed by atoms with Crippen molar-refractivity contribution in [2.45, 2.75) is 90.5 Å². The van der Waals surface area contributed by atoms with Crippen LogP contribution in [0.4, 0.5) is 4.79 Å². The van der Waals surface area contributed by atoms with E-state index in [0.717, 1.165) is 12.8 Å². The number of carbonyl (C=O) groups excluding carboxylic acids is 2. The van der Waals surface area contributed by atoms with Crippen molar-refractivity contribution >= 4 is 18.0 Å². The van der Waals surface area contributed by atoms with Crippen LogP contribution < -0.4 is 5.32 Å². The minimum absolute atomic E-state index is 0.0659. The molecule has 0 bridgehead atoms. The van der Waals surface area contributed by atoms with Crippen LogP contribution in [-0.2, 0) is 19.1 Å². The third-order valence-corrected chi connectivity index (χ3v) is 4.01. The number of likely N-dealkylation sites (tertiary alicyclic amines) is 1. The summed E-state index contributed by atoms with van der Waals surface area (Å²) >= 11 is 0. The van der Waals surface area contributed by atoms with Gasteiger partial charge in [-0.25, -0.2) is 4.79 Å². The number of ether oxygens (including phenoxy) is 2. The molecule has 1 aliphatic heterocycles. The van der Waals surface area contributed by atoms with Crippen LogP contribution in [0, 0.1) is 0 Å². The maximum absolute atomic E-state index is 12.7. The third kappa shape index (κ3) is 9.08. The molecule has 8 heteroatoms. The molecular weight excluding hydrogens is 352 g/mol. The molecular formula is C19H34N2O6. The summed E-state index contributed by atoms with van der Waals surface area (Å²) in [5.41, 5.74) is -1.23. The van der Waals surface area contributed by atoms with Crippen LogP contribution in [0.3, 0.4) is 0 Å². The molecule has 0 aliphatic carbocycles. The molecule has 8 nitrogen and oxygen atoms in total. The molecule has 156 valence electrons. The predicted molar refractivity (Wildman–Crippen MR) is 100 cm³/mol. The average Bonchev–Trinajstić information content (AvgIpc) is 2.89. The summed E-state index contributed by atoms with van der Waals surface area (Å²) in [5, 5.41) is 11.8. The topological polar surface area (TPSA) is 105 Å². The number of esters is 1. The first-order valence-corrected chi connectivity index (χ1v) is 9.46. The van der Waals surface area contributed by atoms with Crippen LogP contribution in [0.25, 0.3) is 0 Å². The number of carboxylic acid groups (broad SMARTS) is 1. The van der Waals surface area contributed by atoms with Crippen molar-refractivity contribution in [2.24, 2.45) is 0 Å². The lowest BCUT2D eigenvalue weighted by molar-refractivity contribution is -0.162. The van der Waals surface area contributed by atoms with Gasteiger partial charge in [-0.15, -0.1) is 0 Å². The van der Waals surface area contributed by atoms with E-state index >= 15 is 0 Å². The van der Waals surface area contributed by atoms with Gasteiger partial charge in [0.25, 0.3) is 0 Å². The molecule has 1 fully saturated rings. The summed E-state index contributed by atoms with van der Waals surface area (Å²) in [6.07, 6.45) is 1.23. The van der Waals surface area contributed by atoms with Crippen molar-refractivity contribution in [3.8, 4) is 0 Å². The van der Waals surface area contributed by atoms with Gasteiger partial charge in [-0.1, -0.05) is 0 Å². The van der Waals surface area contributed by atoms with E-state index < -0.39 is 35.3 Å². The van der Waals surface area contributed by atoms with E-state index in [1.165, 1.54) is 0 Å². The van der Waals surface area contributed by atoms with Gasteiger partial charge >= 0.3 is 18.0 Å². The minimum Gasteiger partial charge on any atom is -0.481 e. The average molecular weight is 386 g/mol. The molecule has 1 amide bonds. The van der Waals surface area contributed by atoms with E-state index in [-0.39, 0.29) is 18.9 Å². The Balaban J connectivity index is 2.78. The maximum atomic E-state index is 12.7. The summed E-state index contributed by atoms with van der Waals surface area (Å²) in [5.74, 6) is -1.38. The van der Waals surface area contributed by atoms with Crippen molar-refractivity contribution in [2.75, 3.05) is 13.1 Å². The fourth-order valence-electron chi connectivity index (χ4n) is 3.05. The zero-order valence-corrected chi connectivity index (χ0v) is 17.3. The van der Waals surface area contributed by atoms with Gasteiger partial charge in [-0.2, -0.15) is 0 Å². The van der Waals surface area contributed by atoms with Gasteiger partial charge in [0.05, 0.1) is 0 Å². The third-order valence-electron chi connectivity index (χ3n) is 4.01. The number of nitrogens with one attached hydrogen (secondary N) is 1. The Bertz CT molecular complexity index is 535. The van der Waals surface area contributed by atoms with Crippen molar-refractivity contribution in [1.29, 1.82) is 0 Å². The Kier molecular flexibility index (Phi) is 8.07. The Morgan fingerprint density at radius 1 is 1.11 bits per heavy atom. The second-order valence-corrected chi connectivity index (χ2v) is 8.90. The zero-order chi connectivity index (χ0) is 20.8. The van der Waals surface area contributed by atoms with Gasteiger partial charge in [0.2, 0.25) is 0 Å². The molecule has 2 N–H and O–H groups in total. The number of carboxylic acids is 1. The highest BCUT2D eigenvalue weighted by Crippen LogP contribution is 2.24. The summed E-state index contributed by atoms with van der Waals surface area (Å²) in [6.45, 7) is 11.7. The molecule has 0 radical (unpaired) electrons. The molecule has 2 atom stereocenters. The highest BCUT2D eigenvalue weighted by Gasteiger charge is 2.37. The Morgan fingerprint density at radius 3 is 2.22 bits per heavy atom. The molecule has 0 aromatic carbocycles. The first-order valence-electron chi connectivity index (χ1n) is 9.46. The first kappa shape index (κ1) is 23.2. The fourth-order valence-corrected chi connectivity index (χ4v) is 3.05. The molecule has 0 unspecified atom stereocenters. The number of aliphatic carboxylic acids is 1. The van der Waals surface area contributed by atoms with Crippen LogP contribution in [0.1, 0.15) is 67.2 Å². The van der Waals surface area contributed by atoms with E-state index in [0.29, 0.717) is 13.1 Å². The molecule has 1 heterocycles. The van der Waals surface area contributed by atoms with E-state index in [4.69, 9.17) is 14.6 Å². The quantitative estimate of drug-likeness (QED) is 0.648. The monoisotopic (exact) mass is 386 g/mol. The number of carbonyl (C=O) groups is 3. The second-order valence-electron chi connectivity index (χ2n) is 8.90. The fraction of sp³-hybridized carbons (Fsp3) is 0.842. The zero-order valence-electron chi connectivity index (χ0n) is 17.3. The smallest absolute Gasteiger partial charge is 0.407 e. The Hall–Kier alpha value is -1.83. The molecule has 1 rings (SSSR count). The molecule has 27 heavy (non-hydrogen) atoms. The molecule has 1 aliphatic rings. The summed E-state index contributed by atoms with van der Waals surface area (Å²) in [6, 6.07) is -0.711. The number of hydrogen-bond acceptors (Lipinski definition) is 6. The standard InChI is InChI=1S/C19H34N2O6/c1-18(2,3)26-16(24)14(9-10-15(22)23)21-11-7-8-13(21)12-20-17(25)27-19(4,5)6/h13-14H,7-12H2,1-6H3,(H,20,25)(H,22,23)/t13-,14+/m0/s1. The Morgan fingerprint density at radius 2 is 1.70 bits per heavy atom. The molecule has 0 saturated carbocycles. The lowest BCUT2D eigenvalue weighted by Gasteiger charge is -2.33. The maximum Gasteiger partial charge on any atom is 0.407 e. The van der Waals surface area contributed by atoms with Crippen LogP contribution in [0.5, 0.6) is 0 Å². The molecule has 0 aromatic heterocycles. The summed E-state index contributed by atoms with van der Waals surface area (Å²) in [4.78, 5) is 37.5. The van der Waals surface area contributed by atoms with E-state index in [1.807, 2.05) is 4.90 Å². The number of rotatable bonds is 7. The van der Waals surface area contributed by atoms with E-state index in [1.54, 1.807) is 41.5 Å². The van der Waals surface area contributed by atoms with Crippen molar-refractivity contribution in [1.82, 2.24) is 10.2 Å². The van der Waals surface area contributed by atoms with Gasteiger partial charge in [-0.05, 0) is 67.3 Å². The Labute approximate surface area is 161 Å². The van der Waals surface area contributed by atoms with Crippen LogP contribution in [0.2, 0.25) is 0 Å². The minimum atomic E-state index is -0.953. The van der Waals surface area contributed by atoms with Crippen molar-refractivity contribution in [3.63, 3.8) is 0 Å². The second kappa shape index (κ2) is 9.39. The number of nitrogens with zero attached hydrogens (tertiary/aromatic N) is 1. The van der Waals surface area contributed by atoms with Crippen LogP contribution >= 0.6 is 0 Å². The van der Waals surface area contributed by atoms with Crippen molar-refractivity contribution in [3.05, 3.63) is 0 Å². The van der Waals surface area contributed by atoms with Crippen molar-refractivity contribution < 1.29 is 29.0 Å². The highest BCUT2D eigenvalue weighted by atomic mass is 16.6. The molecule has 0 spiro atoms. The summed E-state index contributed by atoms with van der Waals surface area (Å²) in [7, 11) is 0. The lowest BCUT2D eigenvalue weighted by atomic mass is 10.1. The predicted octanol–water partition coefficient (Wildman–Crippen LogP) is 2.55. The van der Waals surface area contributed by atoms with Gasteiger partial charge < -0.3 is 19.9 Å². The van der Waals surface area contributed by atoms with Gasteiger partial charge in [-0.3, -0.25) is 14.5 Å². The van der Waals surface area contributed by atoms with Gasteiger partial charge in [0, 0.05) is 19.0 Å². The SMILES string of the molecule is CC(C)(C)OC(=O)NC[C@@H]1CCCN1[C@H](CCC(=O)O)C(=O)OC(C)(C)C. The number of hydrogen-bond donors (Lipinski definition) is 2. The first-order chi connectivity index (χ1) is 12.3. The van der Waals surface area contributed by atoms with Gasteiger partial charge in [0.1, 0.15) is 17.2 Å². The lowest BCUT2D eigenvalue weighted by Crippen LogP contribution is -2.50. The number of amides is 1. The van der Waals surface area contributed by atoms with Crippen LogP contribution in [-0.4, -0.2) is 64.4 Å². The normalized spacial score (nSPS) is 19.4. The molecule has 1 saturated heterocycles. The summed E-state index contributed by atoms with van der Waals surface area (Å²) < 4.78 is 10.7. The van der Waals surface area contributed by atoms with Crippen LogP contribution in [0.15, 0.2) is 0 Å².